The largest absolute Gasteiger partial charge is 0.396 e. The molecule has 0 aliphatic carbocycles. The lowest BCUT2D eigenvalue weighted by atomic mass is 9.87. The van der Waals surface area contributed by atoms with Gasteiger partial charge in [-0.1, -0.05) is 40.5 Å². The van der Waals surface area contributed by atoms with E-state index in [0.29, 0.717) is 25.0 Å². The number of rotatable bonds is 7. The summed E-state index contributed by atoms with van der Waals surface area (Å²) < 4.78 is 12.1. The van der Waals surface area contributed by atoms with Crippen LogP contribution in [0.4, 0.5) is 0 Å². The van der Waals surface area contributed by atoms with Crippen molar-refractivity contribution < 1.29 is 19.7 Å². The molecule has 1 aliphatic heterocycles. The smallest absolute Gasteiger partial charge is 0.0632 e. The van der Waals surface area contributed by atoms with Gasteiger partial charge in [0, 0.05) is 6.42 Å². The molecule has 1 aliphatic rings. The predicted octanol–water partition coefficient (Wildman–Crippen LogP) is 2.61. The fourth-order valence-electron chi connectivity index (χ4n) is 2.78. The average Bonchev–Trinajstić information content (AvgIpc) is 2.46. The first-order valence-electron chi connectivity index (χ1n) is 8.43. The molecule has 0 aromatic carbocycles. The molecular weight excluding hydrogens is 268 g/mol. The molecule has 21 heavy (non-hydrogen) atoms. The average molecular weight is 302 g/mol. The van der Waals surface area contributed by atoms with Crippen LogP contribution in [-0.2, 0) is 9.47 Å². The van der Waals surface area contributed by atoms with Gasteiger partial charge in [-0.05, 0) is 18.3 Å². The maximum absolute atomic E-state index is 9.63. The normalized spacial score (nSPS) is 28.1. The van der Waals surface area contributed by atoms with E-state index in [1.54, 1.807) is 0 Å². The van der Waals surface area contributed by atoms with Gasteiger partial charge in [0.05, 0.1) is 44.1 Å². The Morgan fingerprint density at radius 3 is 2.10 bits per heavy atom. The van der Waals surface area contributed by atoms with Gasteiger partial charge >= 0.3 is 0 Å². The Hall–Kier alpha value is -0.160. The zero-order valence-corrected chi connectivity index (χ0v) is 14.2. The maximum atomic E-state index is 9.63. The Balaban J connectivity index is 2.78. The van der Waals surface area contributed by atoms with E-state index in [0.717, 1.165) is 12.8 Å². The summed E-state index contributed by atoms with van der Waals surface area (Å²) in [4.78, 5) is 0. The molecule has 1 heterocycles. The first-order chi connectivity index (χ1) is 9.98. The summed E-state index contributed by atoms with van der Waals surface area (Å²) in [7, 11) is 0. The maximum Gasteiger partial charge on any atom is 0.0632 e. The van der Waals surface area contributed by atoms with E-state index in [1.165, 1.54) is 12.8 Å². The van der Waals surface area contributed by atoms with E-state index in [9.17, 15) is 10.2 Å². The van der Waals surface area contributed by atoms with Gasteiger partial charge in [0.2, 0.25) is 0 Å². The quantitative estimate of drug-likeness (QED) is 0.759. The minimum atomic E-state index is -0.670. The molecule has 126 valence electrons. The molecule has 3 unspecified atom stereocenters. The molecule has 2 N–H and O–H groups in total. The van der Waals surface area contributed by atoms with Crippen molar-refractivity contribution in [3.05, 3.63) is 0 Å². The van der Waals surface area contributed by atoms with E-state index in [2.05, 4.69) is 27.7 Å². The van der Waals surface area contributed by atoms with Crippen LogP contribution in [0.15, 0.2) is 0 Å². The molecule has 4 heteroatoms. The van der Waals surface area contributed by atoms with Crippen molar-refractivity contribution in [1.29, 1.82) is 0 Å². The Bertz CT molecular complexity index is 276. The minimum absolute atomic E-state index is 0.107. The summed E-state index contributed by atoms with van der Waals surface area (Å²) in [6.07, 6.45) is 4.71. The number of unbranched alkanes of at least 4 members (excludes halogenated alkanes) is 1. The Kier molecular flexibility index (Phi) is 8.17. The summed E-state index contributed by atoms with van der Waals surface area (Å²) in [6.45, 7) is 9.26. The highest BCUT2D eigenvalue weighted by molar-refractivity contribution is 4.84. The van der Waals surface area contributed by atoms with Gasteiger partial charge in [-0.3, -0.25) is 0 Å². The van der Waals surface area contributed by atoms with Crippen molar-refractivity contribution in [2.45, 2.75) is 65.6 Å². The summed E-state index contributed by atoms with van der Waals surface area (Å²) in [6, 6.07) is 0. The van der Waals surface area contributed by atoms with Crippen molar-refractivity contribution in [3.63, 3.8) is 0 Å². The third kappa shape index (κ3) is 5.51. The third-order valence-corrected chi connectivity index (χ3v) is 4.73. The monoisotopic (exact) mass is 302 g/mol. The molecule has 1 rings (SSSR count). The lowest BCUT2D eigenvalue weighted by Gasteiger charge is -2.39. The molecular formula is C17H34O4. The predicted molar refractivity (Wildman–Crippen MR) is 84.2 cm³/mol. The second kappa shape index (κ2) is 9.09. The van der Waals surface area contributed by atoms with E-state index in [-0.39, 0.29) is 25.4 Å². The van der Waals surface area contributed by atoms with Crippen molar-refractivity contribution in [2.24, 2.45) is 17.3 Å². The highest BCUT2D eigenvalue weighted by Gasteiger charge is 2.37. The zero-order chi connectivity index (χ0) is 15.9. The second-order valence-corrected chi connectivity index (χ2v) is 7.11. The molecule has 3 atom stereocenters. The van der Waals surface area contributed by atoms with Crippen LogP contribution in [-0.4, -0.2) is 48.8 Å². The second-order valence-electron chi connectivity index (χ2n) is 7.11. The molecule has 1 fully saturated rings. The Morgan fingerprint density at radius 2 is 1.62 bits per heavy atom. The van der Waals surface area contributed by atoms with E-state index in [1.807, 2.05) is 0 Å². The first-order valence-corrected chi connectivity index (χ1v) is 8.43. The Labute approximate surface area is 129 Å². The molecule has 0 aromatic rings. The fourth-order valence-corrected chi connectivity index (χ4v) is 2.78. The van der Waals surface area contributed by atoms with Crippen LogP contribution >= 0.6 is 0 Å². The van der Waals surface area contributed by atoms with Crippen LogP contribution < -0.4 is 0 Å². The van der Waals surface area contributed by atoms with Crippen LogP contribution in [0.1, 0.15) is 53.4 Å². The molecule has 0 saturated carbocycles. The number of aliphatic hydroxyl groups excluding tert-OH is 2. The van der Waals surface area contributed by atoms with Gasteiger partial charge in [-0.2, -0.15) is 0 Å². The SMILES string of the molecule is CCCCC(C)C1CC(C(C)C)OCC(CO)(CO)CO1. The molecule has 0 radical (unpaired) electrons. The van der Waals surface area contributed by atoms with Crippen molar-refractivity contribution in [1.82, 2.24) is 0 Å². The summed E-state index contributed by atoms with van der Waals surface area (Å²) >= 11 is 0. The van der Waals surface area contributed by atoms with Crippen LogP contribution in [0, 0.1) is 17.3 Å². The highest BCUT2D eigenvalue weighted by Crippen LogP contribution is 2.30. The van der Waals surface area contributed by atoms with Crippen LogP contribution in [0.25, 0.3) is 0 Å². The van der Waals surface area contributed by atoms with Gasteiger partial charge in [-0.15, -0.1) is 0 Å². The molecule has 0 bridgehead atoms. The van der Waals surface area contributed by atoms with E-state index in [4.69, 9.17) is 9.47 Å². The highest BCUT2D eigenvalue weighted by atomic mass is 16.5. The molecule has 0 aromatic heterocycles. The zero-order valence-electron chi connectivity index (χ0n) is 14.2. The van der Waals surface area contributed by atoms with E-state index < -0.39 is 5.41 Å². The van der Waals surface area contributed by atoms with Gasteiger partial charge in [-0.25, -0.2) is 0 Å². The summed E-state index contributed by atoms with van der Waals surface area (Å²) in [5.41, 5.74) is -0.670. The lowest BCUT2D eigenvalue weighted by Crippen LogP contribution is -2.46. The molecule has 4 nitrogen and oxygen atoms in total. The number of ether oxygens (including phenoxy) is 2. The van der Waals surface area contributed by atoms with Crippen molar-refractivity contribution in [3.8, 4) is 0 Å². The fraction of sp³-hybridized carbons (Fsp3) is 1.00. The van der Waals surface area contributed by atoms with Crippen molar-refractivity contribution >= 4 is 0 Å². The standard InChI is InChI=1S/C17H34O4/c1-5-6-7-14(4)16-8-15(13(2)3)20-11-17(9-18,10-19)12-21-16/h13-16,18-19H,5-12H2,1-4H3. The van der Waals surface area contributed by atoms with Gasteiger partial charge in [0.25, 0.3) is 0 Å². The topological polar surface area (TPSA) is 58.9 Å². The summed E-state index contributed by atoms with van der Waals surface area (Å²) in [5, 5.41) is 19.3. The van der Waals surface area contributed by atoms with Crippen molar-refractivity contribution in [2.75, 3.05) is 26.4 Å². The first kappa shape index (κ1) is 18.9. The number of hydrogen-bond donors (Lipinski definition) is 2. The van der Waals surface area contributed by atoms with E-state index >= 15 is 0 Å². The van der Waals surface area contributed by atoms with Gasteiger partial charge < -0.3 is 19.7 Å². The molecule has 0 amide bonds. The summed E-state index contributed by atoms with van der Waals surface area (Å²) in [5.74, 6) is 0.880. The third-order valence-electron chi connectivity index (χ3n) is 4.73. The van der Waals surface area contributed by atoms with Crippen LogP contribution in [0.5, 0.6) is 0 Å². The molecule has 0 spiro atoms. The lowest BCUT2D eigenvalue weighted by molar-refractivity contribution is -0.161. The number of aliphatic hydroxyl groups is 2. The Morgan fingerprint density at radius 1 is 1.05 bits per heavy atom. The van der Waals surface area contributed by atoms with Crippen LogP contribution in [0.2, 0.25) is 0 Å². The molecule has 1 saturated heterocycles. The number of hydrogen-bond acceptors (Lipinski definition) is 4. The van der Waals surface area contributed by atoms with Crippen LogP contribution in [0.3, 0.4) is 0 Å². The van der Waals surface area contributed by atoms with Gasteiger partial charge in [0.1, 0.15) is 0 Å². The minimum Gasteiger partial charge on any atom is -0.396 e. The van der Waals surface area contributed by atoms with Gasteiger partial charge in [0.15, 0.2) is 0 Å².